The lowest BCUT2D eigenvalue weighted by Gasteiger charge is -2.09. The Morgan fingerprint density at radius 1 is 1.53 bits per heavy atom. The van der Waals surface area contributed by atoms with Crippen molar-refractivity contribution in [3.8, 4) is 29.9 Å². The number of nitriles is 1. The van der Waals surface area contributed by atoms with Gasteiger partial charge in [-0.1, -0.05) is 5.92 Å². The largest absolute Gasteiger partial charge is 0.497 e. The Labute approximate surface area is 102 Å². The highest BCUT2D eigenvalue weighted by atomic mass is 127. The first kappa shape index (κ1) is 11.7. The molecule has 0 aliphatic carbocycles. The highest BCUT2D eigenvalue weighted by molar-refractivity contribution is 14.1. The molecule has 0 saturated carbocycles. The summed E-state index contributed by atoms with van der Waals surface area (Å²) in [7, 11) is 1.55. The van der Waals surface area contributed by atoms with Crippen molar-refractivity contribution < 1.29 is 9.47 Å². The zero-order chi connectivity index (χ0) is 11.3. The highest BCUT2D eigenvalue weighted by Gasteiger charge is 2.10. The van der Waals surface area contributed by atoms with Gasteiger partial charge in [0.05, 0.1) is 16.2 Å². The van der Waals surface area contributed by atoms with Crippen LogP contribution < -0.4 is 9.47 Å². The van der Waals surface area contributed by atoms with Crippen LogP contribution in [0.4, 0.5) is 0 Å². The SMILES string of the molecule is C#CCOc1c(I)cc(OC)cc1C#N. The molecule has 1 aromatic carbocycles. The minimum absolute atomic E-state index is 0.150. The van der Waals surface area contributed by atoms with E-state index in [9.17, 15) is 0 Å². The highest BCUT2D eigenvalue weighted by Crippen LogP contribution is 2.30. The molecule has 0 saturated heterocycles. The first-order valence-electron chi connectivity index (χ1n) is 4.06. The Hall–Kier alpha value is -1.40. The Morgan fingerprint density at radius 3 is 2.80 bits per heavy atom. The number of benzene rings is 1. The molecule has 0 amide bonds. The summed E-state index contributed by atoms with van der Waals surface area (Å²) in [6.07, 6.45) is 5.09. The minimum Gasteiger partial charge on any atom is -0.497 e. The van der Waals surface area contributed by atoms with Gasteiger partial charge in [0.25, 0.3) is 0 Å². The normalized spacial score (nSPS) is 8.80. The van der Waals surface area contributed by atoms with E-state index in [1.54, 1.807) is 19.2 Å². The van der Waals surface area contributed by atoms with Crippen LogP contribution in [0.25, 0.3) is 0 Å². The zero-order valence-corrected chi connectivity index (χ0v) is 10.2. The lowest BCUT2D eigenvalue weighted by molar-refractivity contribution is 0.364. The third kappa shape index (κ3) is 2.77. The molecular formula is C11H8INO2. The van der Waals surface area contributed by atoms with Crippen LogP contribution in [-0.2, 0) is 0 Å². The van der Waals surface area contributed by atoms with Gasteiger partial charge in [0.2, 0.25) is 0 Å². The third-order valence-electron chi connectivity index (χ3n) is 1.67. The van der Waals surface area contributed by atoms with Crippen molar-refractivity contribution in [3.05, 3.63) is 21.3 Å². The molecule has 0 bridgehead atoms. The molecule has 1 aromatic rings. The molecule has 0 N–H and O–H groups in total. The van der Waals surface area contributed by atoms with Gasteiger partial charge in [-0.15, -0.1) is 6.42 Å². The first-order chi connectivity index (χ1) is 7.22. The van der Waals surface area contributed by atoms with Gasteiger partial charge in [-0.25, -0.2) is 0 Å². The van der Waals surface area contributed by atoms with Gasteiger partial charge >= 0.3 is 0 Å². The number of hydrogen-bond donors (Lipinski definition) is 0. The molecule has 4 heteroatoms. The van der Waals surface area contributed by atoms with Crippen LogP contribution in [0.2, 0.25) is 0 Å². The summed E-state index contributed by atoms with van der Waals surface area (Å²) in [4.78, 5) is 0. The van der Waals surface area contributed by atoms with E-state index in [0.29, 0.717) is 17.1 Å². The quantitative estimate of drug-likeness (QED) is 0.634. The average Bonchev–Trinajstić information content (AvgIpc) is 2.26. The predicted octanol–water partition coefficient (Wildman–Crippen LogP) is 2.18. The first-order valence-corrected chi connectivity index (χ1v) is 5.14. The smallest absolute Gasteiger partial charge is 0.152 e. The van der Waals surface area contributed by atoms with Gasteiger partial charge in [-0.3, -0.25) is 0 Å². The molecule has 76 valence electrons. The maximum absolute atomic E-state index is 8.92. The topological polar surface area (TPSA) is 42.2 Å². The molecule has 0 atom stereocenters. The number of nitrogens with zero attached hydrogens (tertiary/aromatic N) is 1. The van der Waals surface area contributed by atoms with Crippen molar-refractivity contribution in [2.75, 3.05) is 13.7 Å². The van der Waals surface area contributed by atoms with Crippen LogP contribution >= 0.6 is 22.6 Å². The summed E-state index contributed by atoms with van der Waals surface area (Å²) in [5, 5.41) is 8.92. The molecule has 0 aromatic heterocycles. The number of methoxy groups -OCH3 is 1. The maximum atomic E-state index is 8.92. The van der Waals surface area contributed by atoms with Crippen molar-refractivity contribution in [1.29, 1.82) is 5.26 Å². The Balaban J connectivity index is 3.15. The second kappa shape index (κ2) is 5.47. The molecular weight excluding hydrogens is 305 g/mol. The molecule has 0 heterocycles. The van der Waals surface area contributed by atoms with E-state index in [2.05, 4.69) is 28.5 Å². The monoisotopic (exact) mass is 313 g/mol. The number of halogens is 1. The molecule has 0 aliphatic heterocycles. The number of terminal acetylenes is 1. The van der Waals surface area contributed by atoms with E-state index >= 15 is 0 Å². The van der Waals surface area contributed by atoms with E-state index < -0.39 is 0 Å². The summed E-state index contributed by atoms with van der Waals surface area (Å²) < 4.78 is 11.1. The summed E-state index contributed by atoms with van der Waals surface area (Å²) in [6, 6.07) is 5.45. The van der Waals surface area contributed by atoms with Crippen molar-refractivity contribution in [2.24, 2.45) is 0 Å². The van der Waals surface area contributed by atoms with Gasteiger partial charge < -0.3 is 9.47 Å². The second-order valence-corrected chi connectivity index (χ2v) is 3.75. The average molecular weight is 313 g/mol. The van der Waals surface area contributed by atoms with Gasteiger partial charge in [0, 0.05) is 6.07 Å². The zero-order valence-electron chi connectivity index (χ0n) is 8.08. The molecule has 1 rings (SSSR count). The minimum atomic E-state index is 0.150. The molecule has 0 spiro atoms. The third-order valence-corrected chi connectivity index (χ3v) is 2.47. The van der Waals surface area contributed by atoms with E-state index in [0.717, 1.165) is 3.57 Å². The molecule has 0 unspecified atom stereocenters. The molecule has 0 radical (unpaired) electrons. The van der Waals surface area contributed by atoms with Crippen molar-refractivity contribution in [1.82, 2.24) is 0 Å². The van der Waals surface area contributed by atoms with Crippen molar-refractivity contribution in [2.45, 2.75) is 0 Å². The van der Waals surface area contributed by atoms with Crippen LogP contribution in [-0.4, -0.2) is 13.7 Å². The van der Waals surface area contributed by atoms with Gasteiger partial charge in [0.1, 0.15) is 18.4 Å². The second-order valence-electron chi connectivity index (χ2n) is 2.59. The molecule has 0 fully saturated rings. The van der Waals surface area contributed by atoms with Crippen LogP contribution in [0, 0.1) is 27.2 Å². The lowest BCUT2D eigenvalue weighted by atomic mass is 10.2. The van der Waals surface area contributed by atoms with E-state index in [4.69, 9.17) is 21.2 Å². The standard InChI is InChI=1S/C11H8INO2/c1-3-4-15-11-8(7-13)5-9(14-2)6-10(11)12/h1,5-6H,4H2,2H3. The van der Waals surface area contributed by atoms with Gasteiger partial charge in [-0.2, -0.15) is 5.26 Å². The number of rotatable bonds is 3. The molecule has 15 heavy (non-hydrogen) atoms. The van der Waals surface area contributed by atoms with E-state index in [1.165, 1.54) is 0 Å². The summed E-state index contributed by atoms with van der Waals surface area (Å²) in [6.45, 7) is 0.150. The van der Waals surface area contributed by atoms with Crippen LogP contribution in [0.15, 0.2) is 12.1 Å². The summed E-state index contributed by atoms with van der Waals surface area (Å²) in [5.74, 6) is 3.50. The van der Waals surface area contributed by atoms with Crippen molar-refractivity contribution >= 4 is 22.6 Å². The van der Waals surface area contributed by atoms with Crippen LogP contribution in [0.3, 0.4) is 0 Å². The summed E-state index contributed by atoms with van der Waals surface area (Å²) in [5.41, 5.74) is 0.425. The van der Waals surface area contributed by atoms with E-state index in [1.807, 2.05) is 6.07 Å². The summed E-state index contributed by atoms with van der Waals surface area (Å²) >= 11 is 2.07. The van der Waals surface area contributed by atoms with Crippen molar-refractivity contribution in [3.63, 3.8) is 0 Å². The molecule has 0 aliphatic rings. The van der Waals surface area contributed by atoms with Crippen LogP contribution in [0.1, 0.15) is 5.56 Å². The van der Waals surface area contributed by atoms with Gasteiger partial charge in [0.15, 0.2) is 5.75 Å². The number of ether oxygens (including phenoxy) is 2. The lowest BCUT2D eigenvalue weighted by Crippen LogP contribution is -1.99. The Morgan fingerprint density at radius 2 is 2.27 bits per heavy atom. The predicted molar refractivity (Wildman–Crippen MR) is 64.8 cm³/mol. The fourth-order valence-corrected chi connectivity index (χ4v) is 1.78. The maximum Gasteiger partial charge on any atom is 0.152 e. The van der Waals surface area contributed by atoms with Crippen LogP contribution in [0.5, 0.6) is 11.5 Å². The van der Waals surface area contributed by atoms with Gasteiger partial charge in [-0.05, 0) is 28.7 Å². The molecule has 3 nitrogen and oxygen atoms in total. The fraction of sp³-hybridized carbons (Fsp3) is 0.182. The Kier molecular flexibility index (Phi) is 4.26. The number of hydrogen-bond acceptors (Lipinski definition) is 3. The fourth-order valence-electron chi connectivity index (χ4n) is 1.03. The van der Waals surface area contributed by atoms with E-state index in [-0.39, 0.29) is 6.61 Å². The Bertz CT molecular complexity index is 443.